The van der Waals surface area contributed by atoms with Gasteiger partial charge >= 0.3 is 0 Å². The van der Waals surface area contributed by atoms with Gasteiger partial charge in [0.25, 0.3) is 0 Å². The molecule has 1 atom stereocenters. The molecule has 1 aromatic carbocycles. The Hall–Kier alpha value is -0.380. The summed E-state index contributed by atoms with van der Waals surface area (Å²) in [4.78, 5) is 0.921. The molecule has 5 heteroatoms. The molecular formula is C9H10Cl2N2S. The van der Waals surface area contributed by atoms with Crippen LogP contribution in [0.15, 0.2) is 23.1 Å². The van der Waals surface area contributed by atoms with Gasteiger partial charge in [0, 0.05) is 14.9 Å². The summed E-state index contributed by atoms with van der Waals surface area (Å²) in [5, 5.41) is 8.37. The van der Waals surface area contributed by atoms with Gasteiger partial charge in [0.05, 0.1) is 5.25 Å². The molecule has 0 aliphatic heterocycles. The molecule has 0 fully saturated rings. The van der Waals surface area contributed by atoms with Crippen molar-refractivity contribution in [2.24, 2.45) is 5.73 Å². The Bertz CT molecular complexity index is 334. The summed E-state index contributed by atoms with van der Waals surface area (Å²) in [5.74, 6) is 0.145. The molecule has 0 radical (unpaired) electrons. The highest BCUT2D eigenvalue weighted by Crippen LogP contribution is 2.29. The minimum absolute atomic E-state index is 0.0652. The van der Waals surface area contributed by atoms with E-state index in [1.54, 1.807) is 18.2 Å². The van der Waals surface area contributed by atoms with Gasteiger partial charge in [-0.2, -0.15) is 0 Å². The van der Waals surface area contributed by atoms with Crippen LogP contribution in [0.5, 0.6) is 0 Å². The van der Waals surface area contributed by atoms with Crippen LogP contribution in [0.2, 0.25) is 10.0 Å². The average molecular weight is 249 g/mol. The maximum atomic E-state index is 7.25. The van der Waals surface area contributed by atoms with Crippen LogP contribution in [0.1, 0.15) is 6.92 Å². The first-order valence-corrected chi connectivity index (χ1v) is 5.59. The van der Waals surface area contributed by atoms with Gasteiger partial charge in [0.15, 0.2) is 0 Å². The first kappa shape index (κ1) is 11.7. The largest absolute Gasteiger partial charge is 0.387 e. The minimum Gasteiger partial charge on any atom is -0.387 e. The molecule has 0 aromatic heterocycles. The maximum absolute atomic E-state index is 7.25. The van der Waals surface area contributed by atoms with Gasteiger partial charge in [-0.15, -0.1) is 11.8 Å². The van der Waals surface area contributed by atoms with E-state index in [1.807, 2.05) is 6.92 Å². The number of thioether (sulfide) groups is 1. The molecule has 0 bridgehead atoms. The van der Waals surface area contributed by atoms with Crippen LogP contribution in [0.4, 0.5) is 0 Å². The lowest BCUT2D eigenvalue weighted by atomic mass is 10.4. The van der Waals surface area contributed by atoms with Gasteiger partial charge in [0.2, 0.25) is 0 Å². The van der Waals surface area contributed by atoms with Gasteiger partial charge in [-0.3, -0.25) is 5.41 Å². The molecule has 3 N–H and O–H groups in total. The molecule has 76 valence electrons. The summed E-state index contributed by atoms with van der Waals surface area (Å²) in [6.07, 6.45) is 0. The van der Waals surface area contributed by atoms with Crippen molar-refractivity contribution in [3.63, 3.8) is 0 Å². The molecule has 0 aliphatic rings. The second kappa shape index (κ2) is 4.91. The van der Waals surface area contributed by atoms with Crippen molar-refractivity contribution in [1.29, 1.82) is 5.41 Å². The van der Waals surface area contributed by atoms with Crippen LogP contribution in [0.25, 0.3) is 0 Å². The van der Waals surface area contributed by atoms with Crippen LogP contribution >= 0.6 is 35.0 Å². The summed E-state index contributed by atoms with van der Waals surface area (Å²) in [6, 6.07) is 5.28. The summed E-state index contributed by atoms with van der Waals surface area (Å²) in [6.45, 7) is 1.86. The van der Waals surface area contributed by atoms with Crippen molar-refractivity contribution in [1.82, 2.24) is 0 Å². The summed E-state index contributed by atoms with van der Waals surface area (Å²) in [7, 11) is 0. The van der Waals surface area contributed by atoms with Crippen molar-refractivity contribution in [2.45, 2.75) is 17.1 Å². The van der Waals surface area contributed by atoms with Crippen molar-refractivity contribution >= 4 is 40.8 Å². The molecule has 0 saturated heterocycles. The number of nitrogens with one attached hydrogen (secondary N) is 1. The molecule has 1 unspecified atom stereocenters. The Kier molecular flexibility index (Phi) is 4.11. The average Bonchev–Trinajstić information content (AvgIpc) is 2.01. The van der Waals surface area contributed by atoms with E-state index in [4.69, 9.17) is 34.3 Å². The van der Waals surface area contributed by atoms with Gasteiger partial charge in [-0.1, -0.05) is 23.2 Å². The second-order valence-electron chi connectivity index (χ2n) is 2.82. The Labute approximate surface area is 97.3 Å². The van der Waals surface area contributed by atoms with Crippen molar-refractivity contribution < 1.29 is 0 Å². The maximum Gasteiger partial charge on any atom is 0.104 e. The number of nitrogens with two attached hydrogens (primary N) is 1. The van der Waals surface area contributed by atoms with Gasteiger partial charge in [-0.05, 0) is 25.1 Å². The molecule has 2 nitrogen and oxygen atoms in total. The zero-order valence-electron chi connectivity index (χ0n) is 7.55. The van der Waals surface area contributed by atoms with Crippen molar-refractivity contribution in [3.8, 4) is 0 Å². The Morgan fingerprint density at radius 2 is 1.86 bits per heavy atom. The van der Waals surface area contributed by atoms with E-state index in [0.29, 0.717) is 10.0 Å². The lowest BCUT2D eigenvalue weighted by Crippen LogP contribution is -2.21. The summed E-state index contributed by atoms with van der Waals surface area (Å²) in [5.41, 5.74) is 5.36. The highest BCUT2D eigenvalue weighted by molar-refractivity contribution is 8.00. The third kappa shape index (κ3) is 3.40. The fraction of sp³-hybridized carbons (Fsp3) is 0.222. The Balaban J connectivity index is 2.81. The van der Waals surface area contributed by atoms with Crippen molar-refractivity contribution in [2.75, 3.05) is 0 Å². The summed E-state index contributed by atoms with van der Waals surface area (Å²) >= 11 is 13.1. The standard InChI is InChI=1S/C9H10Cl2N2S/c1-5(9(12)13)14-8-3-6(10)2-7(11)4-8/h2-5H,1H3,(H3,12,13). The highest BCUT2D eigenvalue weighted by Gasteiger charge is 2.08. The Morgan fingerprint density at radius 3 is 2.29 bits per heavy atom. The number of hydrogen-bond acceptors (Lipinski definition) is 2. The van der Waals surface area contributed by atoms with Gasteiger partial charge < -0.3 is 5.73 Å². The van der Waals surface area contributed by atoms with Crippen molar-refractivity contribution in [3.05, 3.63) is 28.2 Å². The van der Waals surface area contributed by atoms with Crippen LogP contribution in [0, 0.1) is 5.41 Å². The van der Waals surface area contributed by atoms with E-state index in [9.17, 15) is 0 Å². The third-order valence-electron chi connectivity index (χ3n) is 1.59. The zero-order chi connectivity index (χ0) is 10.7. The summed E-state index contributed by atoms with van der Waals surface area (Å²) < 4.78 is 0. The number of hydrogen-bond donors (Lipinski definition) is 2. The molecular weight excluding hydrogens is 239 g/mol. The lowest BCUT2D eigenvalue weighted by molar-refractivity contribution is 1.22. The van der Waals surface area contributed by atoms with E-state index in [1.165, 1.54) is 11.8 Å². The van der Waals surface area contributed by atoms with E-state index in [0.717, 1.165) is 4.90 Å². The molecule has 0 spiro atoms. The molecule has 1 rings (SSSR count). The molecule has 14 heavy (non-hydrogen) atoms. The van der Waals surface area contributed by atoms with Crippen LogP contribution in [-0.2, 0) is 0 Å². The van der Waals surface area contributed by atoms with E-state index in [-0.39, 0.29) is 11.1 Å². The van der Waals surface area contributed by atoms with E-state index in [2.05, 4.69) is 0 Å². The number of halogens is 2. The fourth-order valence-electron chi connectivity index (χ4n) is 0.864. The normalized spacial score (nSPS) is 12.5. The highest BCUT2D eigenvalue weighted by atomic mass is 35.5. The van der Waals surface area contributed by atoms with Crippen LogP contribution in [0.3, 0.4) is 0 Å². The van der Waals surface area contributed by atoms with Gasteiger partial charge in [0.1, 0.15) is 5.84 Å². The predicted octanol–water partition coefficient (Wildman–Crippen LogP) is 3.41. The van der Waals surface area contributed by atoms with Gasteiger partial charge in [-0.25, -0.2) is 0 Å². The quantitative estimate of drug-likeness (QED) is 0.490. The van der Waals surface area contributed by atoms with Crippen LogP contribution < -0.4 is 5.73 Å². The third-order valence-corrected chi connectivity index (χ3v) is 3.14. The smallest absolute Gasteiger partial charge is 0.104 e. The monoisotopic (exact) mass is 248 g/mol. The molecule has 0 amide bonds. The first-order chi connectivity index (χ1) is 6.49. The molecule has 0 heterocycles. The first-order valence-electron chi connectivity index (χ1n) is 3.95. The zero-order valence-corrected chi connectivity index (χ0v) is 9.88. The van der Waals surface area contributed by atoms with Crippen LogP contribution in [-0.4, -0.2) is 11.1 Å². The Morgan fingerprint density at radius 1 is 1.36 bits per heavy atom. The number of benzene rings is 1. The van der Waals surface area contributed by atoms with E-state index >= 15 is 0 Å². The SMILES string of the molecule is CC(Sc1cc(Cl)cc(Cl)c1)C(=N)N. The number of amidine groups is 1. The molecule has 1 aromatic rings. The predicted molar refractivity (Wildman–Crippen MR) is 63.7 cm³/mol. The second-order valence-corrected chi connectivity index (χ2v) is 5.11. The fourth-order valence-corrected chi connectivity index (χ4v) is 2.44. The number of rotatable bonds is 3. The minimum atomic E-state index is -0.0652. The van der Waals surface area contributed by atoms with E-state index < -0.39 is 0 Å². The lowest BCUT2D eigenvalue weighted by Gasteiger charge is -2.09. The topological polar surface area (TPSA) is 49.9 Å². The molecule has 0 saturated carbocycles. The molecule has 0 aliphatic carbocycles.